The Labute approximate surface area is 182 Å². The number of thioether (sulfide) groups is 1. The Morgan fingerprint density at radius 1 is 0.967 bits per heavy atom. The maximum Gasteiger partial charge on any atom is 0.264 e. The lowest BCUT2D eigenvalue weighted by Gasteiger charge is -2.20. The van der Waals surface area contributed by atoms with Gasteiger partial charge in [-0.3, -0.25) is 9.10 Å². The van der Waals surface area contributed by atoms with Gasteiger partial charge in [0, 0.05) is 29.8 Å². The van der Waals surface area contributed by atoms with E-state index in [1.807, 2.05) is 37.3 Å². The second-order valence-electron chi connectivity index (χ2n) is 6.75. The fourth-order valence-electron chi connectivity index (χ4n) is 2.80. The Hall–Kier alpha value is -2.77. The van der Waals surface area contributed by atoms with Crippen LogP contribution in [0.4, 0.5) is 5.69 Å². The monoisotopic (exact) mass is 440 g/mol. The van der Waals surface area contributed by atoms with E-state index in [4.69, 9.17) is 0 Å². The Morgan fingerprint density at radius 2 is 1.67 bits per heavy atom. The van der Waals surface area contributed by atoms with Crippen LogP contribution in [0.3, 0.4) is 0 Å². The first-order valence-corrected chi connectivity index (χ1v) is 11.9. The topological polar surface area (TPSA) is 66.5 Å². The van der Waals surface area contributed by atoms with Crippen molar-refractivity contribution in [2.45, 2.75) is 16.7 Å². The van der Waals surface area contributed by atoms with Crippen LogP contribution in [0.2, 0.25) is 0 Å². The minimum absolute atomic E-state index is 0.211. The molecule has 1 N–H and O–H groups in total. The molecule has 0 spiro atoms. The largest absolute Gasteiger partial charge is 0.351 e. The molecule has 7 heteroatoms. The van der Waals surface area contributed by atoms with Gasteiger partial charge in [0.25, 0.3) is 15.9 Å². The van der Waals surface area contributed by atoms with E-state index in [1.165, 1.54) is 11.4 Å². The van der Waals surface area contributed by atoms with E-state index >= 15 is 0 Å². The van der Waals surface area contributed by atoms with Gasteiger partial charge in [0.1, 0.15) is 0 Å². The SMILES string of the molecule is Cc1ccc(S(=O)(=O)N(C)c2cccc(C(=O)NCCSc3ccccc3)c2)cc1. The van der Waals surface area contributed by atoms with Crippen molar-refractivity contribution >= 4 is 33.4 Å². The third-order valence-corrected chi connectivity index (χ3v) is 7.36. The van der Waals surface area contributed by atoms with Crippen LogP contribution in [0.5, 0.6) is 0 Å². The average Bonchev–Trinajstić information content (AvgIpc) is 2.77. The Balaban J connectivity index is 1.64. The average molecular weight is 441 g/mol. The summed E-state index contributed by atoms with van der Waals surface area (Å²) in [4.78, 5) is 13.9. The summed E-state index contributed by atoms with van der Waals surface area (Å²) in [6.07, 6.45) is 0. The number of anilines is 1. The van der Waals surface area contributed by atoms with Crippen LogP contribution in [0.25, 0.3) is 0 Å². The van der Waals surface area contributed by atoms with Crippen molar-refractivity contribution in [2.75, 3.05) is 23.7 Å². The van der Waals surface area contributed by atoms with Gasteiger partial charge >= 0.3 is 0 Å². The number of rotatable bonds is 8. The van der Waals surface area contributed by atoms with Crippen molar-refractivity contribution in [2.24, 2.45) is 0 Å². The second-order valence-corrected chi connectivity index (χ2v) is 9.89. The van der Waals surface area contributed by atoms with Crippen LogP contribution in [-0.4, -0.2) is 33.7 Å². The molecule has 0 aliphatic heterocycles. The summed E-state index contributed by atoms with van der Waals surface area (Å²) in [7, 11) is -2.22. The third kappa shape index (κ3) is 5.43. The van der Waals surface area contributed by atoms with Crippen molar-refractivity contribution < 1.29 is 13.2 Å². The second kappa shape index (κ2) is 9.82. The van der Waals surface area contributed by atoms with Gasteiger partial charge in [-0.05, 0) is 49.4 Å². The normalized spacial score (nSPS) is 11.1. The van der Waals surface area contributed by atoms with Crippen LogP contribution < -0.4 is 9.62 Å². The number of amides is 1. The Morgan fingerprint density at radius 3 is 2.37 bits per heavy atom. The molecule has 0 aromatic heterocycles. The zero-order valence-electron chi connectivity index (χ0n) is 16.9. The fraction of sp³-hybridized carbons (Fsp3) is 0.174. The van der Waals surface area contributed by atoms with E-state index in [2.05, 4.69) is 5.32 Å². The number of carbonyl (C=O) groups excluding carboxylic acids is 1. The highest BCUT2D eigenvalue weighted by Crippen LogP contribution is 2.23. The molecule has 30 heavy (non-hydrogen) atoms. The zero-order valence-corrected chi connectivity index (χ0v) is 18.5. The summed E-state index contributed by atoms with van der Waals surface area (Å²) in [5.74, 6) is 0.517. The number of sulfonamides is 1. The highest BCUT2D eigenvalue weighted by molar-refractivity contribution is 7.99. The molecule has 0 aliphatic carbocycles. The summed E-state index contributed by atoms with van der Waals surface area (Å²) < 4.78 is 27.0. The van der Waals surface area contributed by atoms with Crippen LogP contribution in [-0.2, 0) is 10.0 Å². The first-order chi connectivity index (χ1) is 14.4. The zero-order chi connectivity index (χ0) is 21.6. The van der Waals surface area contributed by atoms with Gasteiger partial charge in [-0.2, -0.15) is 0 Å². The van der Waals surface area contributed by atoms with Gasteiger partial charge in [0.2, 0.25) is 0 Å². The molecule has 0 atom stereocenters. The molecule has 3 aromatic carbocycles. The van der Waals surface area contributed by atoms with Crippen molar-refractivity contribution in [3.63, 3.8) is 0 Å². The van der Waals surface area contributed by atoms with Gasteiger partial charge in [-0.25, -0.2) is 8.42 Å². The van der Waals surface area contributed by atoms with Gasteiger partial charge in [-0.15, -0.1) is 11.8 Å². The van der Waals surface area contributed by atoms with Crippen molar-refractivity contribution in [1.29, 1.82) is 0 Å². The lowest BCUT2D eigenvalue weighted by atomic mass is 10.2. The molecule has 0 heterocycles. The molecule has 1 amide bonds. The molecule has 0 radical (unpaired) electrons. The Bertz CT molecular complexity index is 1100. The van der Waals surface area contributed by atoms with Crippen molar-refractivity contribution in [3.8, 4) is 0 Å². The molecular weight excluding hydrogens is 416 g/mol. The van der Waals surface area contributed by atoms with E-state index in [1.54, 1.807) is 60.3 Å². The molecule has 5 nitrogen and oxygen atoms in total. The number of nitrogens with one attached hydrogen (secondary N) is 1. The standard InChI is InChI=1S/C23H24N2O3S2/c1-18-11-13-22(14-12-18)30(27,28)25(2)20-8-6-7-19(17-20)23(26)24-15-16-29-21-9-4-3-5-10-21/h3-14,17H,15-16H2,1-2H3,(H,24,26). The van der Waals surface area contributed by atoms with Crippen molar-refractivity contribution in [1.82, 2.24) is 5.32 Å². The molecule has 0 aliphatic rings. The van der Waals surface area contributed by atoms with E-state index in [0.717, 1.165) is 16.2 Å². The van der Waals surface area contributed by atoms with Gasteiger partial charge in [0.15, 0.2) is 0 Å². The molecule has 0 saturated carbocycles. The number of carbonyl (C=O) groups is 1. The van der Waals surface area contributed by atoms with Crippen molar-refractivity contribution in [3.05, 3.63) is 90.0 Å². The highest BCUT2D eigenvalue weighted by atomic mass is 32.2. The summed E-state index contributed by atoms with van der Waals surface area (Å²) in [5, 5.41) is 2.88. The first kappa shape index (κ1) is 21.9. The Kier molecular flexibility index (Phi) is 7.18. The first-order valence-electron chi connectivity index (χ1n) is 9.49. The summed E-state index contributed by atoms with van der Waals surface area (Å²) in [5.41, 5.74) is 1.84. The van der Waals surface area contributed by atoms with Gasteiger partial charge in [0.05, 0.1) is 10.6 Å². The van der Waals surface area contributed by atoms with Crippen LogP contribution in [0.15, 0.2) is 88.7 Å². The van der Waals surface area contributed by atoms with E-state index in [0.29, 0.717) is 17.8 Å². The number of hydrogen-bond acceptors (Lipinski definition) is 4. The molecular formula is C23H24N2O3S2. The molecule has 0 unspecified atom stereocenters. The number of aryl methyl sites for hydroxylation is 1. The van der Waals surface area contributed by atoms with Crippen LogP contribution >= 0.6 is 11.8 Å². The summed E-state index contributed by atoms with van der Waals surface area (Å²) in [6, 6.07) is 23.3. The molecule has 0 saturated heterocycles. The van der Waals surface area contributed by atoms with Crippen LogP contribution in [0, 0.1) is 6.92 Å². The predicted molar refractivity (Wildman–Crippen MR) is 123 cm³/mol. The molecule has 3 rings (SSSR count). The number of benzene rings is 3. The smallest absolute Gasteiger partial charge is 0.264 e. The minimum Gasteiger partial charge on any atom is -0.351 e. The fourth-order valence-corrected chi connectivity index (χ4v) is 4.78. The maximum atomic E-state index is 12.9. The number of nitrogens with zero attached hydrogens (tertiary/aromatic N) is 1. The molecule has 156 valence electrons. The highest BCUT2D eigenvalue weighted by Gasteiger charge is 2.21. The minimum atomic E-state index is -3.70. The van der Waals surface area contributed by atoms with Crippen LogP contribution in [0.1, 0.15) is 15.9 Å². The van der Waals surface area contributed by atoms with E-state index < -0.39 is 10.0 Å². The lowest BCUT2D eigenvalue weighted by Crippen LogP contribution is -2.28. The van der Waals surface area contributed by atoms with E-state index in [9.17, 15) is 13.2 Å². The van der Waals surface area contributed by atoms with E-state index in [-0.39, 0.29) is 10.8 Å². The molecule has 3 aromatic rings. The maximum absolute atomic E-state index is 12.9. The molecule has 0 fully saturated rings. The predicted octanol–water partition coefficient (Wildman–Crippen LogP) is 4.34. The molecule has 0 bridgehead atoms. The summed E-state index contributed by atoms with van der Waals surface area (Å²) in [6.45, 7) is 2.42. The number of hydrogen-bond donors (Lipinski definition) is 1. The quantitative estimate of drug-likeness (QED) is 0.418. The lowest BCUT2D eigenvalue weighted by molar-refractivity contribution is 0.0956. The van der Waals surface area contributed by atoms with Gasteiger partial charge in [-0.1, -0.05) is 42.0 Å². The summed E-state index contributed by atoms with van der Waals surface area (Å²) >= 11 is 1.67. The van der Waals surface area contributed by atoms with Gasteiger partial charge < -0.3 is 5.32 Å². The third-order valence-electron chi connectivity index (χ3n) is 4.55.